The Bertz CT molecular complexity index is 900. The van der Waals surface area contributed by atoms with Crippen molar-refractivity contribution >= 4 is 28.6 Å². The van der Waals surface area contributed by atoms with Crippen LogP contribution in [0.1, 0.15) is 26.7 Å². The van der Waals surface area contributed by atoms with E-state index in [9.17, 15) is 24.5 Å². The summed E-state index contributed by atoms with van der Waals surface area (Å²) >= 11 is 0. The Morgan fingerprint density at radius 2 is 2.04 bits per heavy atom. The molecule has 1 aromatic carbocycles. The van der Waals surface area contributed by atoms with E-state index >= 15 is 0 Å². The highest BCUT2D eigenvalue weighted by Gasteiger charge is 2.20. The number of nitro groups is 1. The third-order valence-corrected chi connectivity index (χ3v) is 3.91. The molecule has 0 aliphatic carbocycles. The molecule has 1 N–H and O–H groups in total. The van der Waals surface area contributed by atoms with Crippen LogP contribution in [0.25, 0.3) is 11.1 Å². The summed E-state index contributed by atoms with van der Waals surface area (Å²) in [6, 6.07) is 3.74. The van der Waals surface area contributed by atoms with Crippen LogP contribution in [0.5, 0.6) is 0 Å². The first kappa shape index (κ1) is 20.1. The Hall–Kier alpha value is -3.17. The summed E-state index contributed by atoms with van der Waals surface area (Å²) in [6.45, 7) is 4.29. The van der Waals surface area contributed by atoms with E-state index in [4.69, 9.17) is 4.42 Å². The number of nitro benzene ring substituents is 1. The van der Waals surface area contributed by atoms with Crippen molar-refractivity contribution in [3.05, 3.63) is 38.9 Å². The smallest absolute Gasteiger partial charge is 0.407 e. The van der Waals surface area contributed by atoms with E-state index in [-0.39, 0.29) is 35.8 Å². The molecule has 0 spiro atoms. The number of nitrogens with one attached hydrogen (secondary N) is 1. The maximum Gasteiger partial charge on any atom is 0.420 e. The second-order valence-corrected chi connectivity index (χ2v) is 6.03. The first-order valence-electron chi connectivity index (χ1n) is 8.69. The molecule has 2 rings (SSSR count). The highest BCUT2D eigenvalue weighted by atomic mass is 16.6. The fourth-order valence-corrected chi connectivity index (χ4v) is 2.61. The quantitative estimate of drug-likeness (QED) is 0.517. The number of amides is 2. The molecule has 0 radical (unpaired) electrons. The normalized spacial score (nSPS) is 10.7. The molecule has 10 heteroatoms. The van der Waals surface area contributed by atoms with Crippen LogP contribution in [0.3, 0.4) is 0 Å². The van der Waals surface area contributed by atoms with E-state index in [0.29, 0.717) is 19.5 Å². The van der Waals surface area contributed by atoms with E-state index in [1.54, 1.807) is 0 Å². The first-order chi connectivity index (χ1) is 12.9. The summed E-state index contributed by atoms with van der Waals surface area (Å²) in [7, 11) is 0. The summed E-state index contributed by atoms with van der Waals surface area (Å²) in [5.74, 6) is -1.46. The van der Waals surface area contributed by atoms with E-state index < -0.39 is 16.6 Å². The minimum atomic E-state index is -0.786. The van der Waals surface area contributed by atoms with Crippen molar-refractivity contribution in [1.82, 2.24) is 14.8 Å². The maximum absolute atomic E-state index is 12.6. The monoisotopic (exact) mass is 378 g/mol. The second-order valence-electron chi connectivity index (χ2n) is 6.03. The fraction of sp³-hybridized carbons (Fsp3) is 0.471. The molecule has 0 aliphatic heterocycles. The predicted octanol–water partition coefficient (Wildman–Crippen LogP) is 1.27. The molecule has 0 unspecified atom stereocenters. The number of carbonyl (C=O) groups is 2. The van der Waals surface area contributed by atoms with Crippen molar-refractivity contribution in [3.8, 4) is 0 Å². The molecule has 1 aromatic heterocycles. The molecule has 0 aliphatic rings. The summed E-state index contributed by atoms with van der Waals surface area (Å²) in [6.07, 6.45) is 1.44. The van der Waals surface area contributed by atoms with Gasteiger partial charge in [-0.15, -0.1) is 0 Å². The van der Waals surface area contributed by atoms with Gasteiger partial charge in [0.2, 0.25) is 11.8 Å². The van der Waals surface area contributed by atoms with Gasteiger partial charge in [0.15, 0.2) is 5.58 Å². The van der Waals surface area contributed by atoms with Crippen LogP contribution >= 0.6 is 0 Å². The van der Waals surface area contributed by atoms with Crippen molar-refractivity contribution in [2.24, 2.45) is 0 Å². The van der Waals surface area contributed by atoms with Crippen LogP contribution in [-0.4, -0.2) is 45.8 Å². The van der Waals surface area contributed by atoms with E-state index in [2.05, 4.69) is 5.32 Å². The number of oxazole rings is 1. The van der Waals surface area contributed by atoms with E-state index in [1.807, 2.05) is 13.8 Å². The van der Waals surface area contributed by atoms with Crippen molar-refractivity contribution in [1.29, 1.82) is 0 Å². The summed E-state index contributed by atoms with van der Waals surface area (Å²) in [5.41, 5.74) is 0.102. The van der Waals surface area contributed by atoms with Crippen molar-refractivity contribution in [3.63, 3.8) is 0 Å². The number of aromatic nitrogens is 1. The Morgan fingerprint density at radius 3 is 2.67 bits per heavy atom. The van der Waals surface area contributed by atoms with Gasteiger partial charge in [0.25, 0.3) is 5.69 Å². The number of nitrogens with zero attached hydrogens (tertiary/aromatic N) is 3. The van der Waals surface area contributed by atoms with Gasteiger partial charge >= 0.3 is 5.76 Å². The summed E-state index contributed by atoms with van der Waals surface area (Å²) in [5, 5.41) is 13.5. The molecule has 0 saturated carbocycles. The van der Waals surface area contributed by atoms with Crippen LogP contribution in [0.4, 0.5) is 5.69 Å². The Morgan fingerprint density at radius 1 is 1.30 bits per heavy atom. The number of non-ortho nitro benzene ring substituents is 1. The van der Waals surface area contributed by atoms with Crippen LogP contribution in [0.2, 0.25) is 0 Å². The lowest BCUT2D eigenvalue weighted by Gasteiger charge is -2.21. The standard InChI is InChI=1S/C17H22N4O6/c1-3-7-18-15(22)10-19(8-4-2)16(23)11-20-13-6-5-12(21(25)26)9-14(13)27-17(20)24/h5-6,9H,3-4,7-8,10-11H2,1-2H3,(H,18,22). The van der Waals surface area contributed by atoms with Crippen LogP contribution in [-0.2, 0) is 16.1 Å². The average Bonchev–Trinajstić information content (AvgIpc) is 2.94. The summed E-state index contributed by atoms with van der Waals surface area (Å²) in [4.78, 5) is 48.2. The lowest BCUT2D eigenvalue weighted by atomic mass is 10.3. The molecule has 0 atom stereocenters. The Balaban J connectivity index is 2.21. The third kappa shape index (κ3) is 4.93. The molecular formula is C17H22N4O6. The molecule has 0 saturated heterocycles. The van der Waals surface area contributed by atoms with Crippen molar-refractivity contribution in [2.45, 2.75) is 33.2 Å². The minimum Gasteiger partial charge on any atom is -0.407 e. The van der Waals surface area contributed by atoms with Crippen LogP contribution in [0, 0.1) is 10.1 Å². The molecule has 10 nitrogen and oxygen atoms in total. The largest absolute Gasteiger partial charge is 0.420 e. The third-order valence-electron chi connectivity index (χ3n) is 3.91. The highest BCUT2D eigenvalue weighted by Crippen LogP contribution is 2.20. The van der Waals surface area contributed by atoms with Gasteiger partial charge < -0.3 is 14.6 Å². The number of hydrogen-bond donors (Lipinski definition) is 1. The van der Waals surface area contributed by atoms with Gasteiger partial charge in [-0.25, -0.2) is 4.79 Å². The SMILES string of the molecule is CCCNC(=O)CN(CCC)C(=O)Cn1c(=O)oc2cc([N+](=O)[O-])ccc21. The zero-order valence-corrected chi connectivity index (χ0v) is 15.3. The van der Waals surface area contributed by atoms with E-state index in [0.717, 1.165) is 17.1 Å². The number of rotatable bonds is 9. The van der Waals surface area contributed by atoms with Crippen molar-refractivity contribution < 1.29 is 18.9 Å². The minimum absolute atomic E-state index is 0.0322. The van der Waals surface area contributed by atoms with Gasteiger partial charge in [0.1, 0.15) is 6.54 Å². The van der Waals surface area contributed by atoms with Gasteiger partial charge in [-0.1, -0.05) is 13.8 Å². The van der Waals surface area contributed by atoms with Gasteiger partial charge in [0, 0.05) is 19.2 Å². The molecule has 27 heavy (non-hydrogen) atoms. The fourth-order valence-electron chi connectivity index (χ4n) is 2.61. The second kappa shape index (κ2) is 8.97. The Kier molecular flexibility index (Phi) is 6.69. The molecule has 0 fully saturated rings. The molecule has 1 heterocycles. The lowest BCUT2D eigenvalue weighted by Crippen LogP contribution is -2.43. The zero-order chi connectivity index (χ0) is 20.0. The van der Waals surface area contributed by atoms with Gasteiger partial charge in [-0.3, -0.25) is 24.3 Å². The Labute approximate surface area is 154 Å². The maximum atomic E-state index is 12.6. The lowest BCUT2D eigenvalue weighted by molar-refractivity contribution is -0.384. The number of carbonyl (C=O) groups excluding carboxylic acids is 2. The number of fused-ring (bicyclic) bond motifs is 1. The van der Waals surface area contributed by atoms with E-state index in [1.165, 1.54) is 17.0 Å². The molecule has 2 aromatic rings. The van der Waals surface area contributed by atoms with Crippen LogP contribution in [0.15, 0.2) is 27.4 Å². The molecular weight excluding hydrogens is 356 g/mol. The number of benzene rings is 1. The summed E-state index contributed by atoms with van der Waals surface area (Å²) < 4.78 is 6.12. The van der Waals surface area contributed by atoms with Gasteiger partial charge in [-0.05, 0) is 18.9 Å². The average molecular weight is 378 g/mol. The molecule has 146 valence electrons. The first-order valence-corrected chi connectivity index (χ1v) is 8.69. The van der Waals surface area contributed by atoms with Gasteiger partial charge in [0.05, 0.1) is 23.1 Å². The van der Waals surface area contributed by atoms with Crippen molar-refractivity contribution in [2.75, 3.05) is 19.6 Å². The highest BCUT2D eigenvalue weighted by molar-refractivity contribution is 5.85. The molecule has 2 amide bonds. The van der Waals surface area contributed by atoms with Gasteiger partial charge in [-0.2, -0.15) is 0 Å². The topological polar surface area (TPSA) is 128 Å². The molecule has 0 bridgehead atoms. The number of hydrogen-bond acceptors (Lipinski definition) is 6. The van der Waals surface area contributed by atoms with Crippen LogP contribution < -0.4 is 11.1 Å². The zero-order valence-electron chi connectivity index (χ0n) is 15.3. The predicted molar refractivity (Wildman–Crippen MR) is 97.3 cm³/mol.